The quantitative estimate of drug-likeness (QED) is 0.422. The molecule has 3 rings (SSSR count). The lowest BCUT2D eigenvalue weighted by atomic mass is 10.1. The molecule has 3 aromatic carbocycles. The predicted molar refractivity (Wildman–Crippen MR) is 125 cm³/mol. The van der Waals surface area contributed by atoms with E-state index >= 15 is 0 Å². The molecule has 0 aromatic heterocycles. The van der Waals surface area contributed by atoms with E-state index in [4.69, 9.17) is 10.5 Å². The minimum absolute atomic E-state index is 0.102. The van der Waals surface area contributed by atoms with Crippen LogP contribution in [0.15, 0.2) is 72.8 Å². The van der Waals surface area contributed by atoms with Crippen LogP contribution in [0.4, 0.5) is 0 Å². The Kier molecular flexibility index (Phi) is 7.81. The average Bonchev–Trinajstić information content (AvgIpc) is 2.82. The molecule has 33 heavy (non-hydrogen) atoms. The van der Waals surface area contributed by atoms with E-state index in [9.17, 15) is 18.0 Å². The number of hydrogen-bond donors (Lipinski definition) is 3. The van der Waals surface area contributed by atoms with Gasteiger partial charge in [-0.3, -0.25) is 9.59 Å². The zero-order chi connectivity index (χ0) is 23.8. The first-order chi connectivity index (χ1) is 15.8. The number of carbonyl (C=O) groups excluding carboxylic acids is 2. The Morgan fingerprint density at radius 2 is 1.61 bits per heavy atom. The van der Waals surface area contributed by atoms with Crippen molar-refractivity contribution >= 4 is 21.8 Å². The van der Waals surface area contributed by atoms with Gasteiger partial charge in [0.25, 0.3) is 11.8 Å². The number of primary amides is 1. The Labute approximate surface area is 192 Å². The Bertz CT molecular complexity index is 1240. The monoisotopic (exact) mass is 467 g/mol. The molecule has 4 N–H and O–H groups in total. The lowest BCUT2D eigenvalue weighted by Crippen LogP contribution is -2.23. The summed E-state index contributed by atoms with van der Waals surface area (Å²) >= 11 is 0. The van der Waals surface area contributed by atoms with Gasteiger partial charge in [-0.05, 0) is 48.0 Å². The standard InChI is InChI=1S/C24H25N3O5S/c1-26-33(30,31)16-18-11-9-17(10-12-18)14-27-24(29)20-6-4-5-19(13-20)15-32-22-8-3-2-7-21(22)23(25)28/h2-13,26H,14-16H2,1H3,(H2,25,28)(H,27,29). The van der Waals surface area contributed by atoms with E-state index < -0.39 is 15.9 Å². The summed E-state index contributed by atoms with van der Waals surface area (Å²) in [6, 6.07) is 20.7. The number of para-hydroxylation sites is 1. The van der Waals surface area contributed by atoms with Crippen molar-refractivity contribution in [2.75, 3.05) is 7.05 Å². The van der Waals surface area contributed by atoms with E-state index in [0.29, 0.717) is 29.0 Å². The maximum Gasteiger partial charge on any atom is 0.252 e. The van der Waals surface area contributed by atoms with E-state index in [1.807, 2.05) is 6.07 Å². The van der Waals surface area contributed by atoms with Crippen molar-refractivity contribution in [2.45, 2.75) is 18.9 Å². The Morgan fingerprint density at radius 1 is 0.909 bits per heavy atom. The number of benzene rings is 3. The van der Waals surface area contributed by atoms with Crippen LogP contribution in [0.3, 0.4) is 0 Å². The molecule has 0 spiro atoms. The maximum atomic E-state index is 12.6. The summed E-state index contributed by atoms with van der Waals surface area (Å²) in [6.07, 6.45) is 0. The molecule has 0 aliphatic carbocycles. The zero-order valence-electron chi connectivity index (χ0n) is 18.1. The fraction of sp³-hybridized carbons (Fsp3) is 0.167. The van der Waals surface area contributed by atoms with Crippen LogP contribution in [0.25, 0.3) is 0 Å². The molecule has 0 heterocycles. The third-order valence-electron chi connectivity index (χ3n) is 4.88. The first-order valence-electron chi connectivity index (χ1n) is 10.2. The third kappa shape index (κ3) is 6.90. The van der Waals surface area contributed by atoms with Gasteiger partial charge in [0, 0.05) is 12.1 Å². The normalized spacial score (nSPS) is 11.1. The zero-order valence-corrected chi connectivity index (χ0v) is 18.9. The van der Waals surface area contributed by atoms with Crippen LogP contribution in [0.5, 0.6) is 5.75 Å². The van der Waals surface area contributed by atoms with Gasteiger partial charge in [0.1, 0.15) is 12.4 Å². The van der Waals surface area contributed by atoms with Gasteiger partial charge in [-0.2, -0.15) is 0 Å². The Hall–Kier alpha value is -3.69. The molecule has 2 amide bonds. The summed E-state index contributed by atoms with van der Waals surface area (Å²) in [5.74, 6) is -0.549. The van der Waals surface area contributed by atoms with Crippen LogP contribution in [0.2, 0.25) is 0 Å². The number of nitrogens with one attached hydrogen (secondary N) is 2. The number of ether oxygens (including phenoxy) is 1. The van der Waals surface area contributed by atoms with Crippen LogP contribution in [0.1, 0.15) is 37.4 Å². The van der Waals surface area contributed by atoms with E-state index in [1.165, 1.54) is 7.05 Å². The maximum absolute atomic E-state index is 12.6. The number of sulfonamides is 1. The molecular formula is C24H25N3O5S. The van der Waals surface area contributed by atoms with Gasteiger partial charge < -0.3 is 15.8 Å². The van der Waals surface area contributed by atoms with Gasteiger partial charge >= 0.3 is 0 Å². The molecule has 9 heteroatoms. The minimum atomic E-state index is -3.33. The summed E-state index contributed by atoms with van der Waals surface area (Å²) in [7, 11) is -1.96. The van der Waals surface area contributed by atoms with Gasteiger partial charge in [0.2, 0.25) is 10.0 Å². The van der Waals surface area contributed by atoms with Crippen molar-refractivity contribution in [2.24, 2.45) is 5.73 Å². The average molecular weight is 468 g/mol. The summed E-state index contributed by atoms with van der Waals surface area (Å²) in [6.45, 7) is 0.465. The number of hydrogen-bond acceptors (Lipinski definition) is 5. The molecule has 172 valence electrons. The van der Waals surface area contributed by atoms with E-state index in [-0.39, 0.29) is 18.3 Å². The minimum Gasteiger partial charge on any atom is -0.488 e. The molecule has 0 atom stereocenters. The van der Waals surface area contributed by atoms with E-state index in [2.05, 4.69) is 10.0 Å². The molecule has 8 nitrogen and oxygen atoms in total. The molecule has 0 unspecified atom stereocenters. The fourth-order valence-electron chi connectivity index (χ4n) is 3.09. The van der Waals surface area contributed by atoms with Crippen molar-refractivity contribution in [3.63, 3.8) is 0 Å². The highest BCUT2D eigenvalue weighted by molar-refractivity contribution is 7.88. The van der Waals surface area contributed by atoms with E-state index in [1.54, 1.807) is 66.7 Å². The van der Waals surface area contributed by atoms with Crippen molar-refractivity contribution in [1.82, 2.24) is 10.0 Å². The molecule has 0 bridgehead atoms. The second-order valence-electron chi connectivity index (χ2n) is 7.31. The topological polar surface area (TPSA) is 128 Å². The van der Waals surface area contributed by atoms with Crippen LogP contribution in [-0.4, -0.2) is 27.3 Å². The van der Waals surface area contributed by atoms with E-state index in [0.717, 1.165) is 11.1 Å². The summed E-state index contributed by atoms with van der Waals surface area (Å²) in [5, 5.41) is 2.85. The Balaban J connectivity index is 1.58. The largest absolute Gasteiger partial charge is 0.488 e. The second kappa shape index (κ2) is 10.8. The lowest BCUT2D eigenvalue weighted by molar-refractivity contribution is 0.0949. The molecule has 0 saturated carbocycles. The van der Waals surface area contributed by atoms with Gasteiger partial charge in [-0.1, -0.05) is 48.5 Å². The fourth-order valence-corrected chi connectivity index (χ4v) is 3.86. The van der Waals surface area contributed by atoms with Crippen molar-refractivity contribution in [3.05, 3.63) is 101 Å². The number of amides is 2. The van der Waals surface area contributed by atoms with Gasteiger partial charge in [-0.25, -0.2) is 13.1 Å². The van der Waals surface area contributed by atoms with Crippen LogP contribution >= 0.6 is 0 Å². The van der Waals surface area contributed by atoms with Crippen molar-refractivity contribution in [1.29, 1.82) is 0 Å². The Morgan fingerprint density at radius 3 is 2.30 bits per heavy atom. The first kappa shape index (κ1) is 24.0. The van der Waals surface area contributed by atoms with Crippen LogP contribution in [0, 0.1) is 0 Å². The van der Waals surface area contributed by atoms with Gasteiger partial charge in [0.05, 0.1) is 11.3 Å². The smallest absolute Gasteiger partial charge is 0.252 e. The number of rotatable bonds is 10. The lowest BCUT2D eigenvalue weighted by Gasteiger charge is -2.11. The van der Waals surface area contributed by atoms with Crippen LogP contribution in [-0.2, 0) is 28.9 Å². The highest BCUT2D eigenvalue weighted by Gasteiger charge is 2.11. The first-order valence-corrected chi connectivity index (χ1v) is 11.8. The molecular weight excluding hydrogens is 442 g/mol. The molecule has 0 aliphatic rings. The van der Waals surface area contributed by atoms with Crippen LogP contribution < -0.4 is 20.5 Å². The molecule has 0 saturated heterocycles. The SMILES string of the molecule is CNS(=O)(=O)Cc1ccc(CNC(=O)c2cccc(COc3ccccc3C(N)=O)c2)cc1. The predicted octanol–water partition coefficient (Wildman–Crippen LogP) is 2.34. The van der Waals surface area contributed by atoms with Gasteiger partial charge in [-0.15, -0.1) is 0 Å². The molecule has 0 radical (unpaired) electrons. The summed E-state index contributed by atoms with van der Waals surface area (Å²) < 4.78 is 31.3. The second-order valence-corrected chi connectivity index (χ2v) is 9.24. The number of carbonyl (C=O) groups is 2. The highest BCUT2D eigenvalue weighted by Crippen LogP contribution is 2.19. The number of nitrogens with two attached hydrogens (primary N) is 1. The highest BCUT2D eigenvalue weighted by atomic mass is 32.2. The van der Waals surface area contributed by atoms with Crippen molar-refractivity contribution < 1.29 is 22.7 Å². The molecule has 3 aromatic rings. The van der Waals surface area contributed by atoms with Gasteiger partial charge in [0.15, 0.2) is 0 Å². The molecule has 0 fully saturated rings. The summed E-state index contributed by atoms with van der Waals surface area (Å²) in [5.41, 5.74) is 8.39. The summed E-state index contributed by atoms with van der Waals surface area (Å²) in [4.78, 5) is 24.1. The third-order valence-corrected chi connectivity index (χ3v) is 6.22. The molecule has 0 aliphatic heterocycles. The van der Waals surface area contributed by atoms with Crippen molar-refractivity contribution in [3.8, 4) is 5.75 Å².